The van der Waals surface area contributed by atoms with Crippen molar-refractivity contribution in [2.45, 2.75) is 0 Å². The summed E-state index contributed by atoms with van der Waals surface area (Å²) in [6, 6.07) is 16.2. The Labute approximate surface area is 159 Å². The summed E-state index contributed by atoms with van der Waals surface area (Å²) in [5.74, 6) is 0.585. The molecule has 0 saturated carbocycles. The molecule has 0 aliphatic carbocycles. The van der Waals surface area contributed by atoms with Crippen molar-refractivity contribution in [3.8, 4) is 5.75 Å². The Hall–Kier alpha value is -2.64. The van der Waals surface area contributed by atoms with E-state index in [1.807, 2.05) is 30.3 Å². The van der Waals surface area contributed by atoms with Crippen LogP contribution in [0.25, 0.3) is 6.08 Å². The average molecular weight is 386 g/mol. The number of benzene rings is 2. The van der Waals surface area contributed by atoms with E-state index in [1.54, 1.807) is 42.4 Å². The molecule has 1 amide bonds. The number of carbonyl (C=O) groups is 1. The van der Waals surface area contributed by atoms with Crippen molar-refractivity contribution in [2.24, 2.45) is 0 Å². The van der Waals surface area contributed by atoms with Crippen molar-refractivity contribution >= 4 is 22.0 Å². The van der Waals surface area contributed by atoms with E-state index >= 15 is 0 Å². The molecular formula is C20H22N2O4S. The minimum Gasteiger partial charge on any atom is -0.497 e. The summed E-state index contributed by atoms with van der Waals surface area (Å²) in [7, 11) is -1.93. The molecule has 1 aliphatic heterocycles. The van der Waals surface area contributed by atoms with Gasteiger partial charge in [0.25, 0.3) is 5.91 Å². The molecule has 2 aromatic rings. The highest BCUT2D eigenvalue weighted by Gasteiger charge is 2.27. The van der Waals surface area contributed by atoms with E-state index in [9.17, 15) is 13.2 Å². The summed E-state index contributed by atoms with van der Waals surface area (Å²) in [6.45, 7) is 1.29. The van der Waals surface area contributed by atoms with E-state index in [0.717, 1.165) is 5.56 Å². The maximum absolute atomic E-state index is 12.6. The lowest BCUT2D eigenvalue weighted by molar-refractivity contribution is 0.0698. The SMILES string of the molecule is COc1ccc(C(=O)N2CCN(S(=O)(=O)C=Cc3ccccc3)CC2)cc1. The molecule has 3 rings (SSSR count). The van der Waals surface area contributed by atoms with Crippen LogP contribution in [0.1, 0.15) is 15.9 Å². The number of hydrogen-bond donors (Lipinski definition) is 0. The van der Waals surface area contributed by atoms with Crippen molar-refractivity contribution in [2.75, 3.05) is 33.3 Å². The molecule has 0 aromatic heterocycles. The topological polar surface area (TPSA) is 66.9 Å². The Morgan fingerprint density at radius 1 is 0.963 bits per heavy atom. The highest BCUT2D eigenvalue weighted by Crippen LogP contribution is 2.16. The highest BCUT2D eigenvalue weighted by atomic mass is 32.2. The van der Waals surface area contributed by atoms with Crippen molar-refractivity contribution in [3.05, 3.63) is 71.1 Å². The fraction of sp³-hybridized carbons (Fsp3) is 0.250. The Morgan fingerprint density at radius 2 is 1.59 bits per heavy atom. The summed E-state index contributed by atoms with van der Waals surface area (Å²) >= 11 is 0. The third kappa shape index (κ3) is 4.75. The van der Waals surface area contributed by atoms with Crippen LogP contribution in [0.15, 0.2) is 60.0 Å². The van der Waals surface area contributed by atoms with E-state index < -0.39 is 10.0 Å². The Bertz CT molecular complexity index is 901. The molecule has 2 aromatic carbocycles. The third-order valence-corrected chi connectivity index (χ3v) is 6.02. The first-order chi connectivity index (χ1) is 13.0. The molecule has 0 spiro atoms. The third-order valence-electron chi connectivity index (χ3n) is 4.45. The van der Waals surface area contributed by atoms with Gasteiger partial charge in [-0.15, -0.1) is 0 Å². The number of amides is 1. The van der Waals surface area contributed by atoms with Gasteiger partial charge in [-0.3, -0.25) is 4.79 Å². The van der Waals surface area contributed by atoms with Crippen molar-refractivity contribution in [1.82, 2.24) is 9.21 Å². The van der Waals surface area contributed by atoms with Gasteiger partial charge in [0.1, 0.15) is 5.75 Å². The molecule has 7 heteroatoms. The number of carbonyl (C=O) groups excluding carboxylic acids is 1. The minimum absolute atomic E-state index is 0.102. The number of rotatable bonds is 5. The van der Waals surface area contributed by atoms with Crippen LogP contribution in [0.4, 0.5) is 0 Å². The zero-order chi connectivity index (χ0) is 19.3. The number of hydrogen-bond acceptors (Lipinski definition) is 4. The summed E-state index contributed by atoms with van der Waals surface area (Å²) in [6.07, 6.45) is 1.59. The van der Waals surface area contributed by atoms with Gasteiger partial charge in [-0.2, -0.15) is 4.31 Å². The van der Waals surface area contributed by atoms with Gasteiger partial charge in [-0.1, -0.05) is 30.3 Å². The molecule has 27 heavy (non-hydrogen) atoms. The number of sulfonamides is 1. The second kappa shape index (κ2) is 8.37. The van der Waals surface area contributed by atoms with Crippen LogP contribution in [-0.2, 0) is 10.0 Å². The molecule has 0 radical (unpaired) electrons. The van der Waals surface area contributed by atoms with Gasteiger partial charge in [-0.05, 0) is 35.9 Å². The lowest BCUT2D eigenvalue weighted by atomic mass is 10.2. The largest absolute Gasteiger partial charge is 0.497 e. The molecule has 0 unspecified atom stereocenters. The van der Waals surface area contributed by atoms with Gasteiger partial charge in [0.15, 0.2) is 0 Å². The van der Waals surface area contributed by atoms with Crippen LogP contribution in [0, 0.1) is 0 Å². The van der Waals surface area contributed by atoms with Gasteiger partial charge in [0.05, 0.1) is 7.11 Å². The Kier molecular flexibility index (Phi) is 5.93. The predicted molar refractivity (Wildman–Crippen MR) is 105 cm³/mol. The minimum atomic E-state index is -3.51. The van der Waals surface area contributed by atoms with E-state index in [0.29, 0.717) is 24.4 Å². The fourth-order valence-corrected chi connectivity index (χ4v) is 4.05. The maximum atomic E-state index is 12.6. The number of piperazine rings is 1. The van der Waals surface area contributed by atoms with E-state index in [4.69, 9.17) is 4.74 Å². The number of methoxy groups -OCH3 is 1. The van der Waals surface area contributed by atoms with Crippen molar-refractivity contribution in [3.63, 3.8) is 0 Å². The molecule has 0 atom stereocenters. The second-order valence-electron chi connectivity index (χ2n) is 6.18. The Balaban J connectivity index is 1.60. The normalized spacial score (nSPS) is 15.8. The summed E-state index contributed by atoms with van der Waals surface area (Å²) in [5, 5.41) is 1.23. The molecule has 6 nitrogen and oxygen atoms in total. The van der Waals surface area contributed by atoms with Crippen molar-refractivity contribution < 1.29 is 17.9 Å². The van der Waals surface area contributed by atoms with E-state index in [1.165, 1.54) is 9.71 Å². The second-order valence-corrected chi connectivity index (χ2v) is 8.00. The number of nitrogens with zero attached hydrogens (tertiary/aromatic N) is 2. The first-order valence-electron chi connectivity index (χ1n) is 8.66. The molecule has 1 aliphatic rings. The predicted octanol–water partition coefficient (Wildman–Crippen LogP) is 2.45. The van der Waals surface area contributed by atoms with Crippen LogP contribution < -0.4 is 4.74 Å². The van der Waals surface area contributed by atoms with Gasteiger partial charge < -0.3 is 9.64 Å². The van der Waals surface area contributed by atoms with Gasteiger partial charge >= 0.3 is 0 Å². The van der Waals surface area contributed by atoms with Crippen LogP contribution in [-0.4, -0.2) is 56.8 Å². The van der Waals surface area contributed by atoms with E-state index in [-0.39, 0.29) is 19.0 Å². The van der Waals surface area contributed by atoms with Crippen LogP contribution in [0.2, 0.25) is 0 Å². The molecule has 1 saturated heterocycles. The molecule has 1 heterocycles. The number of ether oxygens (including phenoxy) is 1. The lowest BCUT2D eigenvalue weighted by Gasteiger charge is -2.33. The highest BCUT2D eigenvalue weighted by molar-refractivity contribution is 7.92. The first kappa shape index (κ1) is 19.1. The maximum Gasteiger partial charge on any atom is 0.253 e. The lowest BCUT2D eigenvalue weighted by Crippen LogP contribution is -2.50. The molecule has 0 N–H and O–H groups in total. The van der Waals surface area contributed by atoms with E-state index in [2.05, 4.69) is 0 Å². The monoisotopic (exact) mass is 386 g/mol. The standard InChI is InChI=1S/C20H22N2O4S/c1-26-19-9-7-18(8-10-19)20(23)21-12-14-22(15-13-21)27(24,25)16-11-17-5-3-2-4-6-17/h2-11,16H,12-15H2,1H3. The summed E-state index contributed by atoms with van der Waals surface area (Å²) in [4.78, 5) is 14.2. The zero-order valence-corrected chi connectivity index (χ0v) is 15.9. The van der Waals surface area contributed by atoms with Gasteiger partial charge in [0, 0.05) is 37.2 Å². The summed E-state index contributed by atoms with van der Waals surface area (Å²) in [5.41, 5.74) is 1.39. The smallest absolute Gasteiger partial charge is 0.253 e. The quantitative estimate of drug-likeness (QED) is 0.792. The first-order valence-corrected chi connectivity index (χ1v) is 10.2. The van der Waals surface area contributed by atoms with Gasteiger partial charge in [-0.25, -0.2) is 8.42 Å². The summed E-state index contributed by atoms with van der Waals surface area (Å²) < 4.78 is 31.5. The average Bonchev–Trinajstić information content (AvgIpc) is 2.73. The Morgan fingerprint density at radius 3 is 2.19 bits per heavy atom. The fourth-order valence-electron chi connectivity index (χ4n) is 2.88. The van der Waals surface area contributed by atoms with Crippen LogP contribution >= 0.6 is 0 Å². The van der Waals surface area contributed by atoms with Crippen LogP contribution in [0.3, 0.4) is 0 Å². The molecular weight excluding hydrogens is 364 g/mol. The molecule has 142 valence electrons. The van der Waals surface area contributed by atoms with Gasteiger partial charge in [0.2, 0.25) is 10.0 Å². The zero-order valence-electron chi connectivity index (χ0n) is 15.1. The molecule has 0 bridgehead atoms. The van der Waals surface area contributed by atoms with Crippen LogP contribution in [0.5, 0.6) is 5.75 Å². The molecule has 1 fully saturated rings. The van der Waals surface area contributed by atoms with Crippen molar-refractivity contribution in [1.29, 1.82) is 0 Å².